The second-order valence-corrected chi connectivity index (χ2v) is 5.06. The van der Waals surface area contributed by atoms with Crippen molar-refractivity contribution < 1.29 is 14.6 Å². The molecule has 0 spiro atoms. The Morgan fingerprint density at radius 2 is 2.35 bits per heavy atom. The number of aliphatic hydroxyl groups is 1. The van der Waals surface area contributed by atoms with E-state index < -0.39 is 5.60 Å². The molecule has 3 atom stereocenters. The molecule has 0 aromatic carbocycles. The van der Waals surface area contributed by atoms with Gasteiger partial charge >= 0.3 is 5.97 Å². The molecule has 4 nitrogen and oxygen atoms in total. The molecule has 1 aliphatic heterocycles. The van der Waals surface area contributed by atoms with Gasteiger partial charge < -0.3 is 15.2 Å². The fourth-order valence-electron chi connectivity index (χ4n) is 2.67. The third-order valence-electron chi connectivity index (χ3n) is 3.94. The van der Waals surface area contributed by atoms with Gasteiger partial charge in [0.05, 0.1) is 18.6 Å². The topological polar surface area (TPSA) is 58.6 Å². The molecule has 2 N–H and O–H groups in total. The van der Waals surface area contributed by atoms with Gasteiger partial charge in [-0.25, -0.2) is 0 Å². The van der Waals surface area contributed by atoms with Gasteiger partial charge in [-0.15, -0.1) is 0 Å². The van der Waals surface area contributed by atoms with Gasteiger partial charge in [0.2, 0.25) is 0 Å². The molecular formula is C13H25NO3. The zero-order chi connectivity index (χ0) is 12.9. The maximum atomic E-state index is 11.9. The summed E-state index contributed by atoms with van der Waals surface area (Å²) in [6, 6.07) is 0. The molecule has 1 heterocycles. The Labute approximate surface area is 104 Å². The van der Waals surface area contributed by atoms with Crippen molar-refractivity contribution in [1.82, 2.24) is 5.32 Å². The summed E-state index contributed by atoms with van der Waals surface area (Å²) >= 11 is 0. The molecule has 0 amide bonds. The highest BCUT2D eigenvalue weighted by atomic mass is 16.5. The number of hydrogen-bond acceptors (Lipinski definition) is 4. The molecule has 1 aliphatic rings. The minimum absolute atomic E-state index is 0.0807. The molecule has 4 heteroatoms. The van der Waals surface area contributed by atoms with Crippen LogP contribution in [0.3, 0.4) is 0 Å². The SMILES string of the molecule is CCCCC(C(=O)OC)C1(O)CCNCC1C. The van der Waals surface area contributed by atoms with E-state index in [1.54, 1.807) is 0 Å². The number of ether oxygens (including phenoxy) is 1. The van der Waals surface area contributed by atoms with Crippen molar-refractivity contribution >= 4 is 5.97 Å². The largest absolute Gasteiger partial charge is 0.469 e. The molecule has 17 heavy (non-hydrogen) atoms. The van der Waals surface area contributed by atoms with Gasteiger partial charge in [0, 0.05) is 6.54 Å². The molecule has 0 radical (unpaired) electrons. The predicted molar refractivity (Wildman–Crippen MR) is 66.6 cm³/mol. The van der Waals surface area contributed by atoms with Crippen molar-refractivity contribution in [1.29, 1.82) is 0 Å². The molecule has 1 fully saturated rings. The fraction of sp³-hybridized carbons (Fsp3) is 0.923. The number of esters is 1. The summed E-state index contributed by atoms with van der Waals surface area (Å²) in [5, 5.41) is 14.0. The molecule has 0 aromatic rings. The first-order valence-corrected chi connectivity index (χ1v) is 6.57. The van der Waals surface area contributed by atoms with Crippen LogP contribution >= 0.6 is 0 Å². The summed E-state index contributed by atoms with van der Waals surface area (Å²) < 4.78 is 4.86. The van der Waals surface area contributed by atoms with Gasteiger partial charge in [0.1, 0.15) is 0 Å². The lowest BCUT2D eigenvalue weighted by molar-refractivity contribution is -0.163. The van der Waals surface area contributed by atoms with E-state index in [1.165, 1.54) is 7.11 Å². The summed E-state index contributed by atoms with van der Waals surface area (Å²) in [4.78, 5) is 11.9. The fourth-order valence-corrected chi connectivity index (χ4v) is 2.67. The third kappa shape index (κ3) is 3.19. The Morgan fingerprint density at radius 3 is 2.88 bits per heavy atom. The predicted octanol–water partition coefficient (Wildman–Crippen LogP) is 1.33. The van der Waals surface area contributed by atoms with Crippen LogP contribution in [0.4, 0.5) is 0 Å². The van der Waals surface area contributed by atoms with Gasteiger partial charge in [-0.2, -0.15) is 0 Å². The van der Waals surface area contributed by atoms with E-state index in [0.29, 0.717) is 12.8 Å². The van der Waals surface area contributed by atoms with Crippen LogP contribution in [0, 0.1) is 11.8 Å². The monoisotopic (exact) mass is 243 g/mol. The minimum Gasteiger partial charge on any atom is -0.469 e. The average molecular weight is 243 g/mol. The second-order valence-electron chi connectivity index (χ2n) is 5.06. The van der Waals surface area contributed by atoms with Gasteiger partial charge in [0.15, 0.2) is 0 Å². The van der Waals surface area contributed by atoms with E-state index in [0.717, 1.165) is 25.9 Å². The Kier molecular flexibility index (Phi) is 5.40. The van der Waals surface area contributed by atoms with Gasteiger partial charge in [-0.05, 0) is 25.3 Å². The Hall–Kier alpha value is -0.610. The quantitative estimate of drug-likeness (QED) is 0.715. The van der Waals surface area contributed by atoms with Gasteiger partial charge in [-0.3, -0.25) is 4.79 Å². The van der Waals surface area contributed by atoms with Crippen molar-refractivity contribution in [3.05, 3.63) is 0 Å². The van der Waals surface area contributed by atoms with Crippen molar-refractivity contribution in [3.63, 3.8) is 0 Å². The first-order valence-electron chi connectivity index (χ1n) is 6.57. The van der Waals surface area contributed by atoms with E-state index in [9.17, 15) is 9.90 Å². The van der Waals surface area contributed by atoms with Crippen LogP contribution in [-0.4, -0.2) is 36.9 Å². The van der Waals surface area contributed by atoms with E-state index in [4.69, 9.17) is 4.74 Å². The molecule has 3 unspecified atom stereocenters. The second kappa shape index (κ2) is 6.36. The van der Waals surface area contributed by atoms with Crippen LogP contribution in [0.2, 0.25) is 0 Å². The zero-order valence-electron chi connectivity index (χ0n) is 11.2. The molecule has 1 rings (SSSR count). The van der Waals surface area contributed by atoms with Crippen LogP contribution in [0.15, 0.2) is 0 Å². The Morgan fingerprint density at radius 1 is 1.65 bits per heavy atom. The number of methoxy groups -OCH3 is 1. The number of nitrogens with one attached hydrogen (secondary N) is 1. The molecular weight excluding hydrogens is 218 g/mol. The molecule has 0 saturated carbocycles. The number of piperidine rings is 1. The lowest BCUT2D eigenvalue weighted by atomic mass is 9.71. The standard InChI is InChI=1S/C13H25NO3/c1-4-5-6-11(12(15)17-3)13(16)7-8-14-9-10(13)2/h10-11,14,16H,4-9H2,1-3H3. The number of rotatable bonds is 5. The maximum Gasteiger partial charge on any atom is 0.311 e. The third-order valence-corrected chi connectivity index (χ3v) is 3.94. The first-order chi connectivity index (χ1) is 8.06. The molecule has 100 valence electrons. The summed E-state index contributed by atoms with van der Waals surface area (Å²) in [5.74, 6) is -0.573. The van der Waals surface area contributed by atoms with Crippen molar-refractivity contribution in [3.8, 4) is 0 Å². The zero-order valence-corrected chi connectivity index (χ0v) is 11.2. The highest BCUT2D eigenvalue weighted by molar-refractivity contribution is 5.73. The van der Waals surface area contributed by atoms with Gasteiger partial charge in [0.25, 0.3) is 0 Å². The highest BCUT2D eigenvalue weighted by Crippen LogP contribution is 2.35. The maximum absolute atomic E-state index is 11.9. The average Bonchev–Trinajstić information content (AvgIpc) is 2.33. The number of hydrogen-bond donors (Lipinski definition) is 2. The van der Waals surface area contributed by atoms with E-state index in [-0.39, 0.29) is 17.8 Å². The van der Waals surface area contributed by atoms with Crippen LogP contribution in [-0.2, 0) is 9.53 Å². The smallest absolute Gasteiger partial charge is 0.311 e. The molecule has 0 bridgehead atoms. The van der Waals surface area contributed by atoms with Crippen LogP contribution in [0.1, 0.15) is 39.5 Å². The van der Waals surface area contributed by atoms with Crippen LogP contribution in [0.5, 0.6) is 0 Å². The summed E-state index contributed by atoms with van der Waals surface area (Å²) in [6.07, 6.45) is 3.31. The van der Waals surface area contributed by atoms with Gasteiger partial charge in [-0.1, -0.05) is 26.7 Å². The Balaban J connectivity index is 2.81. The van der Waals surface area contributed by atoms with E-state index in [2.05, 4.69) is 12.2 Å². The van der Waals surface area contributed by atoms with Crippen LogP contribution < -0.4 is 5.32 Å². The van der Waals surface area contributed by atoms with Crippen LogP contribution in [0.25, 0.3) is 0 Å². The number of unbranched alkanes of at least 4 members (excludes halogenated alkanes) is 1. The van der Waals surface area contributed by atoms with Crippen molar-refractivity contribution in [2.45, 2.75) is 45.1 Å². The van der Waals surface area contributed by atoms with Crippen molar-refractivity contribution in [2.75, 3.05) is 20.2 Å². The number of carbonyl (C=O) groups is 1. The molecule has 0 aromatic heterocycles. The summed E-state index contributed by atoms with van der Waals surface area (Å²) in [7, 11) is 1.40. The number of carbonyl (C=O) groups excluding carboxylic acids is 1. The molecule has 1 saturated heterocycles. The normalized spacial score (nSPS) is 30.9. The van der Waals surface area contributed by atoms with E-state index >= 15 is 0 Å². The van der Waals surface area contributed by atoms with Crippen molar-refractivity contribution in [2.24, 2.45) is 11.8 Å². The Bertz CT molecular complexity index is 257. The first kappa shape index (κ1) is 14.5. The molecule has 0 aliphatic carbocycles. The lowest BCUT2D eigenvalue weighted by Gasteiger charge is -2.43. The lowest BCUT2D eigenvalue weighted by Crippen LogP contribution is -2.55. The highest BCUT2D eigenvalue weighted by Gasteiger charge is 2.46. The summed E-state index contributed by atoms with van der Waals surface area (Å²) in [6.45, 7) is 5.61. The van der Waals surface area contributed by atoms with E-state index in [1.807, 2.05) is 6.92 Å². The summed E-state index contributed by atoms with van der Waals surface area (Å²) in [5.41, 5.74) is -0.909. The minimum atomic E-state index is -0.909.